The summed E-state index contributed by atoms with van der Waals surface area (Å²) in [6.07, 6.45) is 2.00. The molecule has 114 valence electrons. The highest BCUT2D eigenvalue weighted by Crippen LogP contribution is 2.24. The van der Waals surface area contributed by atoms with Crippen LogP contribution in [0.5, 0.6) is 0 Å². The Morgan fingerprint density at radius 2 is 2.24 bits per heavy atom. The predicted octanol–water partition coefficient (Wildman–Crippen LogP) is 3.93. The summed E-state index contributed by atoms with van der Waals surface area (Å²) in [6, 6.07) is 4.59. The van der Waals surface area contributed by atoms with Crippen molar-refractivity contribution in [2.24, 2.45) is 5.41 Å². The van der Waals surface area contributed by atoms with Gasteiger partial charge >= 0.3 is 0 Å². The van der Waals surface area contributed by atoms with Gasteiger partial charge in [-0.25, -0.2) is 4.98 Å². The number of nitro groups is 1. The van der Waals surface area contributed by atoms with Gasteiger partial charge < -0.3 is 10.3 Å². The van der Waals surface area contributed by atoms with Crippen molar-refractivity contribution >= 4 is 34.3 Å². The van der Waals surface area contributed by atoms with E-state index in [0.29, 0.717) is 22.9 Å². The van der Waals surface area contributed by atoms with Crippen LogP contribution in [-0.4, -0.2) is 27.3 Å². The van der Waals surface area contributed by atoms with Gasteiger partial charge in [-0.15, -0.1) is 11.6 Å². The fraction of sp³-hybridized carbons (Fsp3) is 0.500. The zero-order chi connectivity index (χ0) is 15.5. The molecule has 0 radical (unpaired) electrons. The summed E-state index contributed by atoms with van der Waals surface area (Å²) in [6.45, 7) is 5.09. The first-order chi connectivity index (χ1) is 9.91. The number of aromatic nitrogens is 2. The Hall–Kier alpha value is -1.82. The van der Waals surface area contributed by atoms with Gasteiger partial charge in [-0.1, -0.05) is 13.8 Å². The molecule has 0 fully saturated rings. The van der Waals surface area contributed by atoms with Crippen LogP contribution in [0.3, 0.4) is 0 Å². The fourth-order valence-electron chi connectivity index (χ4n) is 2.15. The van der Waals surface area contributed by atoms with Crippen LogP contribution in [0.2, 0.25) is 0 Å². The molecular weight excluding hydrogens is 292 g/mol. The van der Waals surface area contributed by atoms with Gasteiger partial charge in [-0.3, -0.25) is 10.1 Å². The van der Waals surface area contributed by atoms with Crippen molar-refractivity contribution in [2.45, 2.75) is 26.7 Å². The Bertz CT molecular complexity index is 639. The molecule has 1 aromatic heterocycles. The standard InChI is InChI=1S/C14H19ClN4O2/c1-14(2,6-3-7-15)9-16-13-17-11-5-4-10(19(20)21)8-12(11)18-13/h4-5,8H,3,6-7,9H2,1-2H3,(H2,16,17,18). The minimum atomic E-state index is -0.414. The van der Waals surface area contributed by atoms with Crippen LogP contribution in [0.4, 0.5) is 11.6 Å². The maximum absolute atomic E-state index is 10.8. The molecule has 6 nitrogen and oxygen atoms in total. The highest BCUT2D eigenvalue weighted by molar-refractivity contribution is 6.17. The van der Waals surface area contributed by atoms with Crippen molar-refractivity contribution in [3.05, 3.63) is 28.3 Å². The van der Waals surface area contributed by atoms with E-state index in [2.05, 4.69) is 29.1 Å². The first-order valence-corrected chi connectivity index (χ1v) is 7.39. The van der Waals surface area contributed by atoms with Gasteiger partial charge in [0.15, 0.2) is 0 Å². The van der Waals surface area contributed by atoms with Crippen molar-refractivity contribution in [3.8, 4) is 0 Å². The van der Waals surface area contributed by atoms with E-state index < -0.39 is 4.92 Å². The molecule has 0 aliphatic heterocycles. The maximum atomic E-state index is 10.8. The van der Waals surface area contributed by atoms with E-state index in [1.165, 1.54) is 12.1 Å². The zero-order valence-electron chi connectivity index (χ0n) is 12.1. The molecule has 1 aromatic carbocycles. The number of aromatic amines is 1. The fourth-order valence-corrected chi connectivity index (χ4v) is 2.29. The maximum Gasteiger partial charge on any atom is 0.271 e. The third kappa shape index (κ3) is 4.07. The number of fused-ring (bicyclic) bond motifs is 1. The van der Waals surface area contributed by atoms with E-state index in [4.69, 9.17) is 11.6 Å². The smallest absolute Gasteiger partial charge is 0.271 e. The van der Waals surface area contributed by atoms with E-state index in [1.807, 2.05) is 0 Å². The number of hydrogen-bond acceptors (Lipinski definition) is 4. The highest BCUT2D eigenvalue weighted by atomic mass is 35.5. The molecule has 0 atom stereocenters. The van der Waals surface area contributed by atoms with Crippen LogP contribution in [0.1, 0.15) is 26.7 Å². The molecule has 2 aromatic rings. The summed E-state index contributed by atoms with van der Waals surface area (Å²) >= 11 is 5.72. The van der Waals surface area contributed by atoms with Crippen molar-refractivity contribution in [1.29, 1.82) is 0 Å². The second-order valence-corrected chi connectivity index (χ2v) is 6.23. The summed E-state index contributed by atoms with van der Waals surface area (Å²) in [5, 5.41) is 14.0. The molecule has 7 heteroatoms. The number of imidazole rings is 1. The topological polar surface area (TPSA) is 83.8 Å². The number of hydrogen-bond donors (Lipinski definition) is 2. The van der Waals surface area contributed by atoms with Crippen molar-refractivity contribution in [3.63, 3.8) is 0 Å². The lowest BCUT2D eigenvalue weighted by molar-refractivity contribution is -0.384. The Morgan fingerprint density at radius 3 is 2.90 bits per heavy atom. The summed E-state index contributed by atoms with van der Waals surface area (Å²) < 4.78 is 0. The average Bonchev–Trinajstić information content (AvgIpc) is 2.85. The molecule has 2 rings (SSSR count). The highest BCUT2D eigenvalue weighted by Gasteiger charge is 2.18. The molecule has 0 saturated heterocycles. The van der Waals surface area contributed by atoms with Gasteiger partial charge in [0.2, 0.25) is 5.95 Å². The van der Waals surface area contributed by atoms with Gasteiger partial charge in [-0.2, -0.15) is 0 Å². The Kier molecular flexibility index (Phi) is 4.67. The van der Waals surface area contributed by atoms with E-state index in [1.54, 1.807) is 6.07 Å². The molecule has 0 aliphatic rings. The normalized spacial score (nSPS) is 11.8. The van der Waals surface area contributed by atoms with Gasteiger partial charge in [0.05, 0.1) is 16.0 Å². The van der Waals surface area contributed by atoms with Crippen molar-refractivity contribution in [2.75, 3.05) is 17.7 Å². The monoisotopic (exact) mass is 310 g/mol. The molecule has 0 saturated carbocycles. The number of H-pyrrole nitrogens is 1. The summed E-state index contributed by atoms with van der Waals surface area (Å²) in [7, 11) is 0. The number of alkyl halides is 1. The Morgan fingerprint density at radius 1 is 1.48 bits per heavy atom. The minimum Gasteiger partial charge on any atom is -0.355 e. The SMILES string of the molecule is CC(C)(CCCCl)CNc1nc2ccc([N+](=O)[O-])cc2[nH]1. The molecule has 0 bridgehead atoms. The van der Waals surface area contributed by atoms with Crippen LogP contribution in [-0.2, 0) is 0 Å². The molecule has 0 aliphatic carbocycles. The summed E-state index contributed by atoms with van der Waals surface area (Å²) in [5.74, 6) is 1.29. The Balaban J connectivity index is 2.07. The number of nitro benzene ring substituents is 1. The van der Waals surface area contributed by atoms with E-state index in [-0.39, 0.29) is 11.1 Å². The van der Waals surface area contributed by atoms with Crippen LogP contribution in [0.25, 0.3) is 11.0 Å². The van der Waals surface area contributed by atoms with E-state index >= 15 is 0 Å². The van der Waals surface area contributed by atoms with Crippen LogP contribution >= 0.6 is 11.6 Å². The van der Waals surface area contributed by atoms with Gasteiger partial charge in [0.1, 0.15) is 0 Å². The van der Waals surface area contributed by atoms with Gasteiger partial charge in [-0.05, 0) is 24.3 Å². The van der Waals surface area contributed by atoms with Crippen LogP contribution in [0, 0.1) is 15.5 Å². The largest absolute Gasteiger partial charge is 0.355 e. The van der Waals surface area contributed by atoms with E-state index in [9.17, 15) is 10.1 Å². The van der Waals surface area contributed by atoms with Crippen molar-refractivity contribution in [1.82, 2.24) is 9.97 Å². The third-order valence-corrected chi connectivity index (χ3v) is 3.67. The number of benzene rings is 1. The minimum absolute atomic E-state index is 0.0557. The quantitative estimate of drug-likeness (QED) is 0.461. The molecule has 0 spiro atoms. The summed E-state index contributed by atoms with van der Waals surface area (Å²) in [5.41, 5.74) is 1.53. The first kappa shape index (κ1) is 15.6. The number of non-ortho nitro benzene ring substituents is 1. The average molecular weight is 311 g/mol. The first-order valence-electron chi connectivity index (χ1n) is 6.85. The Labute approximate surface area is 128 Å². The molecule has 21 heavy (non-hydrogen) atoms. The second kappa shape index (κ2) is 6.30. The molecule has 2 N–H and O–H groups in total. The lowest BCUT2D eigenvalue weighted by atomic mass is 9.88. The number of anilines is 1. The molecular formula is C14H19ClN4O2. The second-order valence-electron chi connectivity index (χ2n) is 5.85. The van der Waals surface area contributed by atoms with E-state index in [0.717, 1.165) is 19.4 Å². The predicted molar refractivity (Wildman–Crippen MR) is 85.0 cm³/mol. The zero-order valence-corrected chi connectivity index (χ0v) is 12.9. The molecule has 0 amide bonds. The molecule has 1 heterocycles. The van der Waals surface area contributed by atoms with Crippen LogP contribution in [0.15, 0.2) is 18.2 Å². The number of halogens is 1. The van der Waals surface area contributed by atoms with Gasteiger partial charge in [0, 0.05) is 24.6 Å². The van der Waals surface area contributed by atoms with Gasteiger partial charge in [0.25, 0.3) is 5.69 Å². The third-order valence-electron chi connectivity index (χ3n) is 3.40. The van der Waals surface area contributed by atoms with Crippen LogP contribution < -0.4 is 5.32 Å². The van der Waals surface area contributed by atoms with Crippen molar-refractivity contribution < 1.29 is 4.92 Å². The number of nitrogens with zero attached hydrogens (tertiary/aromatic N) is 2. The summed E-state index contributed by atoms with van der Waals surface area (Å²) in [4.78, 5) is 17.8. The number of rotatable bonds is 7. The number of nitrogens with one attached hydrogen (secondary N) is 2. The molecule has 0 unspecified atom stereocenters. The lowest BCUT2D eigenvalue weighted by Crippen LogP contribution is -2.23. The lowest BCUT2D eigenvalue weighted by Gasteiger charge is -2.24.